The van der Waals surface area contributed by atoms with E-state index in [1.807, 2.05) is 31.2 Å². The molecule has 0 unspecified atom stereocenters. The Bertz CT molecular complexity index is 675. The number of nitrogens with one attached hydrogen (secondary N) is 1. The number of carbonyl (C=O) groups is 1. The van der Waals surface area contributed by atoms with Gasteiger partial charge in [-0.2, -0.15) is 0 Å². The van der Waals surface area contributed by atoms with Crippen molar-refractivity contribution in [1.82, 2.24) is 20.3 Å². The molecule has 0 spiro atoms. The number of hydrogen-bond donors (Lipinski definition) is 1. The maximum Gasteiger partial charge on any atom is 0.273 e. The first-order chi connectivity index (χ1) is 10.7. The van der Waals surface area contributed by atoms with Crippen molar-refractivity contribution in [2.24, 2.45) is 0 Å². The SMILES string of the molecule is COc1cccc(-n2nnc(C(=O)NC3CCCC3)c2C)c1. The normalized spacial score (nSPS) is 15.0. The molecular formula is C16H20N4O2. The van der Waals surface area contributed by atoms with Gasteiger partial charge >= 0.3 is 0 Å². The molecule has 0 saturated heterocycles. The summed E-state index contributed by atoms with van der Waals surface area (Å²) in [4.78, 5) is 12.3. The van der Waals surface area contributed by atoms with Gasteiger partial charge in [0.15, 0.2) is 5.69 Å². The summed E-state index contributed by atoms with van der Waals surface area (Å²) in [6.45, 7) is 1.85. The van der Waals surface area contributed by atoms with E-state index in [-0.39, 0.29) is 11.9 Å². The van der Waals surface area contributed by atoms with Gasteiger partial charge in [-0.1, -0.05) is 24.1 Å². The predicted molar refractivity (Wildman–Crippen MR) is 82.4 cm³/mol. The summed E-state index contributed by atoms with van der Waals surface area (Å²) in [5.41, 5.74) is 1.93. The monoisotopic (exact) mass is 300 g/mol. The zero-order chi connectivity index (χ0) is 15.5. The number of ether oxygens (including phenoxy) is 1. The first kappa shape index (κ1) is 14.6. The topological polar surface area (TPSA) is 69.0 Å². The highest BCUT2D eigenvalue weighted by molar-refractivity contribution is 5.93. The van der Waals surface area contributed by atoms with Crippen LogP contribution in [0.15, 0.2) is 24.3 Å². The van der Waals surface area contributed by atoms with E-state index in [2.05, 4.69) is 15.6 Å². The Morgan fingerprint density at radius 1 is 1.36 bits per heavy atom. The molecule has 6 nitrogen and oxygen atoms in total. The number of carbonyl (C=O) groups excluding carboxylic acids is 1. The van der Waals surface area contributed by atoms with Gasteiger partial charge in [0, 0.05) is 12.1 Å². The van der Waals surface area contributed by atoms with Crippen LogP contribution in [0.25, 0.3) is 5.69 Å². The maximum atomic E-state index is 12.3. The second kappa shape index (κ2) is 6.17. The molecule has 3 rings (SSSR count). The van der Waals surface area contributed by atoms with Gasteiger partial charge in [0.2, 0.25) is 0 Å². The minimum Gasteiger partial charge on any atom is -0.497 e. The summed E-state index contributed by atoms with van der Waals surface area (Å²) in [6, 6.07) is 7.79. The van der Waals surface area contributed by atoms with E-state index < -0.39 is 0 Å². The number of amides is 1. The summed E-state index contributed by atoms with van der Waals surface area (Å²) in [5, 5.41) is 11.2. The predicted octanol–water partition coefficient (Wildman–Crippen LogP) is 2.26. The van der Waals surface area contributed by atoms with Crippen LogP contribution in [0.1, 0.15) is 41.9 Å². The second-order valence-electron chi connectivity index (χ2n) is 5.59. The molecule has 0 aliphatic heterocycles. The van der Waals surface area contributed by atoms with Gasteiger partial charge < -0.3 is 10.1 Å². The van der Waals surface area contributed by atoms with E-state index in [1.54, 1.807) is 11.8 Å². The number of nitrogens with zero attached hydrogens (tertiary/aromatic N) is 3. The van der Waals surface area contributed by atoms with Crippen molar-refractivity contribution in [3.05, 3.63) is 35.7 Å². The van der Waals surface area contributed by atoms with Gasteiger partial charge in [0.1, 0.15) is 5.75 Å². The van der Waals surface area contributed by atoms with Crippen LogP contribution in [-0.4, -0.2) is 34.1 Å². The minimum atomic E-state index is -0.140. The molecule has 1 aromatic heterocycles. The number of rotatable bonds is 4. The largest absolute Gasteiger partial charge is 0.497 e. The van der Waals surface area contributed by atoms with E-state index in [0.717, 1.165) is 30.0 Å². The summed E-state index contributed by atoms with van der Waals surface area (Å²) in [7, 11) is 1.62. The lowest BCUT2D eigenvalue weighted by Crippen LogP contribution is -2.33. The molecule has 1 N–H and O–H groups in total. The van der Waals surface area contributed by atoms with Crippen molar-refractivity contribution >= 4 is 5.91 Å². The maximum absolute atomic E-state index is 12.3. The summed E-state index contributed by atoms with van der Waals surface area (Å²) < 4.78 is 6.88. The molecule has 1 amide bonds. The molecule has 1 aromatic carbocycles. The highest BCUT2D eigenvalue weighted by atomic mass is 16.5. The number of hydrogen-bond acceptors (Lipinski definition) is 4. The van der Waals surface area contributed by atoms with Crippen molar-refractivity contribution in [3.8, 4) is 11.4 Å². The lowest BCUT2D eigenvalue weighted by atomic mass is 10.2. The van der Waals surface area contributed by atoms with Crippen molar-refractivity contribution in [2.45, 2.75) is 38.6 Å². The van der Waals surface area contributed by atoms with Crippen molar-refractivity contribution in [3.63, 3.8) is 0 Å². The fraction of sp³-hybridized carbons (Fsp3) is 0.438. The van der Waals surface area contributed by atoms with Gasteiger partial charge in [-0.3, -0.25) is 4.79 Å². The molecule has 2 aromatic rings. The summed E-state index contributed by atoms with van der Waals surface area (Å²) in [5.74, 6) is 0.600. The van der Waals surface area contributed by atoms with Crippen LogP contribution < -0.4 is 10.1 Å². The smallest absolute Gasteiger partial charge is 0.273 e. The van der Waals surface area contributed by atoms with E-state index in [1.165, 1.54) is 12.8 Å². The minimum absolute atomic E-state index is 0.140. The molecule has 6 heteroatoms. The quantitative estimate of drug-likeness (QED) is 0.940. The Morgan fingerprint density at radius 2 is 2.14 bits per heavy atom. The zero-order valence-electron chi connectivity index (χ0n) is 12.9. The third-order valence-electron chi connectivity index (χ3n) is 4.10. The molecule has 1 aliphatic carbocycles. The Balaban J connectivity index is 1.83. The molecule has 1 heterocycles. The van der Waals surface area contributed by atoms with Crippen LogP contribution >= 0.6 is 0 Å². The van der Waals surface area contributed by atoms with Gasteiger partial charge in [-0.25, -0.2) is 4.68 Å². The Hall–Kier alpha value is -2.37. The summed E-state index contributed by atoms with van der Waals surface area (Å²) >= 11 is 0. The molecular weight excluding hydrogens is 280 g/mol. The van der Waals surface area contributed by atoms with E-state index in [9.17, 15) is 4.79 Å². The first-order valence-corrected chi connectivity index (χ1v) is 7.56. The fourth-order valence-corrected chi connectivity index (χ4v) is 2.85. The van der Waals surface area contributed by atoms with E-state index in [4.69, 9.17) is 4.74 Å². The van der Waals surface area contributed by atoms with Crippen LogP contribution in [0, 0.1) is 6.92 Å². The standard InChI is InChI=1S/C16H20N4O2/c1-11-15(16(21)17-12-6-3-4-7-12)18-19-20(11)13-8-5-9-14(10-13)22-2/h5,8-10,12H,3-4,6-7H2,1-2H3,(H,17,21). The average molecular weight is 300 g/mol. The Labute approximate surface area is 129 Å². The molecule has 1 aliphatic rings. The fourth-order valence-electron chi connectivity index (χ4n) is 2.85. The number of aromatic nitrogens is 3. The molecule has 1 fully saturated rings. The highest BCUT2D eigenvalue weighted by Crippen LogP contribution is 2.20. The van der Waals surface area contributed by atoms with Gasteiger partial charge in [-0.05, 0) is 31.9 Å². The van der Waals surface area contributed by atoms with Crippen LogP contribution in [0.3, 0.4) is 0 Å². The van der Waals surface area contributed by atoms with Crippen LogP contribution in [0.5, 0.6) is 5.75 Å². The summed E-state index contributed by atoms with van der Waals surface area (Å²) in [6.07, 6.45) is 4.46. The molecule has 116 valence electrons. The van der Waals surface area contributed by atoms with Crippen LogP contribution in [0.2, 0.25) is 0 Å². The van der Waals surface area contributed by atoms with Gasteiger partial charge in [0.05, 0.1) is 18.5 Å². The molecule has 0 radical (unpaired) electrons. The third kappa shape index (κ3) is 2.81. The second-order valence-corrected chi connectivity index (χ2v) is 5.59. The third-order valence-corrected chi connectivity index (χ3v) is 4.10. The number of benzene rings is 1. The lowest BCUT2D eigenvalue weighted by molar-refractivity contribution is 0.0932. The highest BCUT2D eigenvalue weighted by Gasteiger charge is 2.22. The van der Waals surface area contributed by atoms with Gasteiger partial charge in [0.25, 0.3) is 5.91 Å². The average Bonchev–Trinajstić information content (AvgIpc) is 3.17. The first-order valence-electron chi connectivity index (χ1n) is 7.56. The van der Waals surface area contributed by atoms with Crippen LogP contribution in [-0.2, 0) is 0 Å². The Morgan fingerprint density at radius 3 is 2.86 bits per heavy atom. The number of methoxy groups -OCH3 is 1. The van der Waals surface area contributed by atoms with Crippen LogP contribution in [0.4, 0.5) is 0 Å². The van der Waals surface area contributed by atoms with Crippen molar-refractivity contribution < 1.29 is 9.53 Å². The zero-order valence-corrected chi connectivity index (χ0v) is 12.9. The molecule has 0 atom stereocenters. The molecule has 1 saturated carbocycles. The van der Waals surface area contributed by atoms with Gasteiger partial charge in [-0.15, -0.1) is 5.10 Å². The molecule has 22 heavy (non-hydrogen) atoms. The lowest BCUT2D eigenvalue weighted by Gasteiger charge is -2.10. The van der Waals surface area contributed by atoms with Crippen molar-refractivity contribution in [2.75, 3.05) is 7.11 Å². The van der Waals surface area contributed by atoms with E-state index in [0.29, 0.717) is 5.69 Å². The van der Waals surface area contributed by atoms with Crippen molar-refractivity contribution in [1.29, 1.82) is 0 Å². The van der Waals surface area contributed by atoms with E-state index >= 15 is 0 Å². The Kier molecular flexibility index (Phi) is 4.09. The molecule has 0 bridgehead atoms.